The lowest BCUT2D eigenvalue weighted by molar-refractivity contribution is -0.138. The fourth-order valence-electron chi connectivity index (χ4n) is 3.96. The molecule has 0 spiro atoms. The fourth-order valence-corrected chi connectivity index (χ4v) is 4.09. The van der Waals surface area contributed by atoms with Crippen LogP contribution in [-0.4, -0.2) is 39.1 Å². The first-order valence-corrected chi connectivity index (χ1v) is 9.83. The summed E-state index contributed by atoms with van der Waals surface area (Å²) >= 11 is 5.95. The summed E-state index contributed by atoms with van der Waals surface area (Å²) in [5.74, 6) is 0.238. The molecule has 2 aromatic rings. The first-order chi connectivity index (χ1) is 13.0. The number of nitrogens with one attached hydrogen (secondary N) is 1. The van der Waals surface area contributed by atoms with Crippen LogP contribution in [0.1, 0.15) is 32.6 Å². The molecule has 3 heterocycles. The van der Waals surface area contributed by atoms with E-state index in [1.54, 1.807) is 10.9 Å². The smallest absolute Gasteiger partial charge is 0.231 e. The highest BCUT2D eigenvalue weighted by Gasteiger charge is 2.33. The summed E-state index contributed by atoms with van der Waals surface area (Å²) in [5.41, 5.74) is 1.80. The molecular formula is C20H23ClN4O2. The molecule has 0 unspecified atom stereocenters. The highest BCUT2D eigenvalue weighted by Crippen LogP contribution is 2.33. The molecule has 1 aromatic carbocycles. The van der Waals surface area contributed by atoms with Crippen molar-refractivity contribution in [2.45, 2.75) is 45.2 Å². The Kier molecular flexibility index (Phi) is 4.91. The largest absolute Gasteiger partial charge is 0.340 e. The van der Waals surface area contributed by atoms with Gasteiger partial charge in [0, 0.05) is 29.6 Å². The molecule has 2 aliphatic rings. The van der Waals surface area contributed by atoms with Gasteiger partial charge in [-0.3, -0.25) is 9.59 Å². The third-order valence-electron chi connectivity index (χ3n) is 5.54. The average molecular weight is 387 g/mol. The van der Waals surface area contributed by atoms with Crippen molar-refractivity contribution in [1.82, 2.24) is 14.7 Å². The average Bonchev–Trinajstić information content (AvgIpc) is 3.05. The molecule has 1 fully saturated rings. The van der Waals surface area contributed by atoms with Gasteiger partial charge in [-0.1, -0.05) is 23.7 Å². The molecule has 2 aliphatic heterocycles. The second-order valence-electron chi connectivity index (χ2n) is 7.42. The molecule has 4 rings (SSSR count). The van der Waals surface area contributed by atoms with Crippen molar-refractivity contribution in [2.75, 3.05) is 11.9 Å². The zero-order valence-electron chi connectivity index (χ0n) is 15.3. The molecule has 0 saturated carbocycles. The number of rotatable bonds is 3. The summed E-state index contributed by atoms with van der Waals surface area (Å²) < 4.78 is 1.78. The maximum Gasteiger partial charge on any atom is 0.231 e. The van der Waals surface area contributed by atoms with Crippen molar-refractivity contribution in [3.63, 3.8) is 0 Å². The summed E-state index contributed by atoms with van der Waals surface area (Å²) in [5, 5.41) is 8.03. The van der Waals surface area contributed by atoms with E-state index in [1.807, 2.05) is 29.2 Å². The number of piperidine rings is 1. The molecule has 1 saturated heterocycles. The lowest BCUT2D eigenvalue weighted by atomic mass is 9.98. The first-order valence-electron chi connectivity index (χ1n) is 9.45. The Labute approximate surface area is 163 Å². The van der Waals surface area contributed by atoms with Crippen LogP contribution in [0.15, 0.2) is 30.5 Å². The van der Waals surface area contributed by atoms with E-state index in [0.29, 0.717) is 17.4 Å². The Morgan fingerprint density at radius 3 is 2.81 bits per heavy atom. The lowest BCUT2D eigenvalue weighted by Crippen LogP contribution is -2.44. The van der Waals surface area contributed by atoms with Gasteiger partial charge in [-0.2, -0.15) is 5.10 Å². The van der Waals surface area contributed by atoms with Gasteiger partial charge in [0.05, 0.1) is 18.7 Å². The Morgan fingerprint density at radius 1 is 1.30 bits per heavy atom. The Balaban J connectivity index is 1.50. The van der Waals surface area contributed by atoms with Crippen LogP contribution in [0.3, 0.4) is 0 Å². The van der Waals surface area contributed by atoms with Gasteiger partial charge in [-0.05, 0) is 43.9 Å². The van der Waals surface area contributed by atoms with Gasteiger partial charge in [-0.25, -0.2) is 4.68 Å². The highest BCUT2D eigenvalue weighted by molar-refractivity contribution is 6.30. The predicted molar refractivity (Wildman–Crippen MR) is 104 cm³/mol. The number of fused-ring (bicyclic) bond motifs is 1. The Hall–Kier alpha value is -2.34. The second-order valence-corrected chi connectivity index (χ2v) is 7.85. The third kappa shape index (κ3) is 3.58. The van der Waals surface area contributed by atoms with Crippen LogP contribution in [0, 0.1) is 5.92 Å². The Bertz CT molecular complexity index is 861. The molecule has 2 atom stereocenters. The minimum atomic E-state index is -0.392. The molecule has 2 amide bonds. The topological polar surface area (TPSA) is 67.2 Å². The number of aromatic nitrogens is 2. The standard InChI is InChI=1S/C20H23ClN4O2/c1-13-4-2-3-9-24(13)18(26)10-15-12-25-19(23-20(15)27)17(11-22-25)14-5-7-16(21)8-6-14/h5-8,11,13,15H,2-4,9-10,12H2,1H3,(H,23,27)/t13-,15+/m1/s1. The van der Waals surface area contributed by atoms with Crippen LogP contribution < -0.4 is 5.32 Å². The summed E-state index contributed by atoms with van der Waals surface area (Å²) in [7, 11) is 0. The van der Waals surface area contributed by atoms with Crippen molar-refractivity contribution < 1.29 is 9.59 Å². The number of halogens is 1. The molecule has 27 heavy (non-hydrogen) atoms. The van der Waals surface area contributed by atoms with E-state index < -0.39 is 5.92 Å². The number of likely N-dealkylation sites (tertiary alicyclic amines) is 1. The van der Waals surface area contributed by atoms with Gasteiger partial charge < -0.3 is 10.2 Å². The predicted octanol–water partition coefficient (Wildman–Crippen LogP) is 3.56. The first kappa shape index (κ1) is 18.0. The van der Waals surface area contributed by atoms with Gasteiger partial charge in [0.25, 0.3) is 0 Å². The van der Waals surface area contributed by atoms with Crippen molar-refractivity contribution in [1.29, 1.82) is 0 Å². The number of carbonyl (C=O) groups is 2. The molecule has 7 heteroatoms. The van der Waals surface area contributed by atoms with Crippen LogP contribution in [0.2, 0.25) is 5.02 Å². The fraction of sp³-hybridized carbons (Fsp3) is 0.450. The van der Waals surface area contributed by atoms with Crippen molar-refractivity contribution in [3.05, 3.63) is 35.5 Å². The number of anilines is 1. The second kappa shape index (κ2) is 7.35. The van der Waals surface area contributed by atoms with E-state index in [2.05, 4.69) is 17.3 Å². The van der Waals surface area contributed by atoms with Crippen molar-refractivity contribution >= 4 is 29.2 Å². The Morgan fingerprint density at radius 2 is 2.07 bits per heavy atom. The van der Waals surface area contributed by atoms with Crippen LogP contribution >= 0.6 is 11.6 Å². The maximum absolute atomic E-state index is 12.7. The van der Waals surface area contributed by atoms with E-state index >= 15 is 0 Å². The third-order valence-corrected chi connectivity index (χ3v) is 5.80. The van der Waals surface area contributed by atoms with Gasteiger partial charge in [0.2, 0.25) is 11.8 Å². The minimum Gasteiger partial charge on any atom is -0.340 e. The van der Waals surface area contributed by atoms with Crippen molar-refractivity contribution in [3.8, 4) is 11.1 Å². The van der Waals surface area contributed by atoms with Crippen molar-refractivity contribution in [2.24, 2.45) is 5.92 Å². The molecule has 1 aromatic heterocycles. The zero-order valence-corrected chi connectivity index (χ0v) is 16.1. The van der Waals surface area contributed by atoms with Gasteiger partial charge in [-0.15, -0.1) is 0 Å². The summed E-state index contributed by atoms with van der Waals surface area (Å²) in [6.45, 7) is 3.30. The molecule has 0 radical (unpaired) electrons. The molecule has 142 valence electrons. The molecule has 1 N–H and O–H groups in total. The van der Waals surface area contributed by atoms with Crippen LogP contribution in [-0.2, 0) is 16.1 Å². The monoisotopic (exact) mass is 386 g/mol. The molecule has 6 nitrogen and oxygen atoms in total. The normalized spacial score (nSPS) is 22.3. The van der Waals surface area contributed by atoms with E-state index in [9.17, 15) is 9.59 Å². The van der Waals surface area contributed by atoms with E-state index in [0.717, 1.165) is 30.5 Å². The number of amides is 2. The molecule has 0 bridgehead atoms. The summed E-state index contributed by atoms with van der Waals surface area (Å²) in [6, 6.07) is 7.69. The minimum absolute atomic E-state index is 0.0656. The number of benzene rings is 1. The summed E-state index contributed by atoms with van der Waals surface area (Å²) in [6.07, 6.45) is 5.22. The zero-order chi connectivity index (χ0) is 19.0. The maximum atomic E-state index is 12.7. The number of hydrogen-bond acceptors (Lipinski definition) is 3. The van der Waals surface area contributed by atoms with Gasteiger partial charge in [0.1, 0.15) is 5.82 Å². The summed E-state index contributed by atoms with van der Waals surface area (Å²) in [4.78, 5) is 27.3. The van der Waals surface area contributed by atoms with E-state index in [4.69, 9.17) is 11.6 Å². The van der Waals surface area contributed by atoms with Crippen LogP contribution in [0.4, 0.5) is 5.82 Å². The number of carbonyl (C=O) groups excluding carboxylic acids is 2. The van der Waals surface area contributed by atoms with E-state index in [-0.39, 0.29) is 24.3 Å². The van der Waals surface area contributed by atoms with Crippen LogP contribution in [0.25, 0.3) is 11.1 Å². The number of hydrogen-bond donors (Lipinski definition) is 1. The molecular weight excluding hydrogens is 364 g/mol. The SMILES string of the molecule is C[C@@H]1CCCCN1C(=O)C[C@H]1Cn2ncc(-c3ccc(Cl)cc3)c2NC1=O. The lowest BCUT2D eigenvalue weighted by Gasteiger charge is -2.34. The highest BCUT2D eigenvalue weighted by atomic mass is 35.5. The molecule has 0 aliphatic carbocycles. The van der Waals surface area contributed by atoms with Crippen LogP contribution in [0.5, 0.6) is 0 Å². The number of nitrogens with zero attached hydrogens (tertiary/aromatic N) is 3. The van der Waals surface area contributed by atoms with Gasteiger partial charge in [0.15, 0.2) is 0 Å². The quantitative estimate of drug-likeness (QED) is 0.876. The van der Waals surface area contributed by atoms with Gasteiger partial charge >= 0.3 is 0 Å². The van der Waals surface area contributed by atoms with E-state index in [1.165, 1.54) is 6.42 Å².